The maximum Gasteiger partial charge on any atom is 0.184 e. The molecule has 5 nitrogen and oxygen atoms in total. The number of nitrogens with two attached hydrogens (primary N) is 1. The monoisotopic (exact) mass is 293 g/mol. The van der Waals surface area contributed by atoms with Crippen molar-refractivity contribution in [3.8, 4) is 0 Å². The van der Waals surface area contributed by atoms with Gasteiger partial charge in [0, 0.05) is 11.8 Å². The largest absolute Gasteiger partial charge is 0.382 e. The van der Waals surface area contributed by atoms with E-state index in [1.807, 2.05) is 11.8 Å². The summed E-state index contributed by atoms with van der Waals surface area (Å²) >= 11 is 3.00. The normalized spacial score (nSPS) is 20.6. The minimum atomic E-state index is -3.30. The molecule has 96 valence electrons. The highest BCUT2D eigenvalue weighted by Crippen LogP contribution is 2.34. The van der Waals surface area contributed by atoms with E-state index in [2.05, 4.69) is 9.69 Å². The minimum absolute atomic E-state index is 0.0453. The van der Waals surface area contributed by atoms with Crippen LogP contribution in [-0.2, 0) is 9.84 Å². The van der Waals surface area contributed by atoms with E-state index < -0.39 is 9.84 Å². The van der Waals surface area contributed by atoms with Crippen LogP contribution in [0.4, 0.5) is 10.8 Å². The molecule has 1 aromatic heterocycles. The van der Waals surface area contributed by atoms with Crippen LogP contribution >= 0.6 is 23.3 Å². The molecule has 0 spiro atoms. The number of thioether (sulfide) groups is 1. The predicted octanol–water partition coefficient (Wildman–Crippen LogP) is 1.44. The third-order valence-corrected chi connectivity index (χ3v) is 6.51. The van der Waals surface area contributed by atoms with Crippen LogP contribution in [0.1, 0.15) is 13.3 Å². The molecule has 0 aromatic carbocycles. The maximum absolute atomic E-state index is 11.9. The molecule has 3 N–H and O–H groups in total. The molecule has 1 atom stereocenters. The summed E-state index contributed by atoms with van der Waals surface area (Å²) < 4.78 is 27.8. The Balaban J connectivity index is 2.29. The second kappa shape index (κ2) is 5.03. The molecule has 1 aromatic rings. The fourth-order valence-electron chi connectivity index (χ4n) is 1.66. The average Bonchev–Trinajstić information content (AvgIpc) is 2.89. The first-order valence-electron chi connectivity index (χ1n) is 5.36. The lowest BCUT2D eigenvalue weighted by atomic mass is 10.3. The van der Waals surface area contributed by atoms with Gasteiger partial charge in [0.15, 0.2) is 15.7 Å². The van der Waals surface area contributed by atoms with Crippen LogP contribution in [-0.4, -0.2) is 36.1 Å². The fourth-order valence-corrected chi connectivity index (χ4v) is 5.05. The molecule has 1 fully saturated rings. The van der Waals surface area contributed by atoms with Crippen LogP contribution in [0.2, 0.25) is 0 Å². The molecule has 1 aliphatic rings. The molecular formula is C9H15N3O2S3. The zero-order valence-electron chi connectivity index (χ0n) is 9.47. The summed E-state index contributed by atoms with van der Waals surface area (Å²) in [5.41, 5.74) is 5.65. The summed E-state index contributed by atoms with van der Waals surface area (Å²) in [6.45, 7) is 1.61. The maximum atomic E-state index is 11.9. The smallest absolute Gasteiger partial charge is 0.184 e. The highest BCUT2D eigenvalue weighted by Gasteiger charge is 2.26. The predicted molar refractivity (Wildman–Crippen MR) is 73.6 cm³/mol. The highest BCUT2D eigenvalue weighted by molar-refractivity contribution is 7.99. The number of anilines is 2. The molecule has 0 aliphatic carbocycles. The van der Waals surface area contributed by atoms with Gasteiger partial charge in [0.25, 0.3) is 0 Å². The summed E-state index contributed by atoms with van der Waals surface area (Å²) in [7, 11) is -3.30. The Morgan fingerprint density at radius 2 is 2.35 bits per heavy atom. The molecule has 1 aliphatic heterocycles. The fraction of sp³-hybridized carbons (Fsp3) is 0.667. The number of hydrogen-bond donors (Lipinski definition) is 2. The Hall–Kier alpha value is -0.470. The number of hydrogen-bond acceptors (Lipinski definition) is 7. The van der Waals surface area contributed by atoms with Crippen molar-refractivity contribution in [2.45, 2.75) is 24.3 Å². The van der Waals surface area contributed by atoms with Gasteiger partial charge < -0.3 is 11.1 Å². The van der Waals surface area contributed by atoms with E-state index in [1.165, 1.54) is 0 Å². The molecule has 0 bridgehead atoms. The first-order valence-corrected chi connectivity index (χ1v) is 8.95. The Kier molecular flexibility index (Phi) is 3.84. The van der Waals surface area contributed by atoms with E-state index in [0.717, 1.165) is 29.5 Å². The van der Waals surface area contributed by atoms with Crippen LogP contribution in [0.15, 0.2) is 4.90 Å². The van der Waals surface area contributed by atoms with E-state index in [1.54, 1.807) is 6.92 Å². The molecule has 1 saturated heterocycles. The van der Waals surface area contributed by atoms with Crippen molar-refractivity contribution in [1.82, 2.24) is 4.37 Å². The van der Waals surface area contributed by atoms with Gasteiger partial charge in [0.1, 0.15) is 9.90 Å². The van der Waals surface area contributed by atoms with E-state index in [9.17, 15) is 8.42 Å². The molecule has 0 radical (unpaired) electrons. The second-order valence-corrected chi connectivity index (χ2v) is 7.97. The average molecular weight is 293 g/mol. The summed E-state index contributed by atoms with van der Waals surface area (Å²) in [5, 5.41) is 3.84. The first-order chi connectivity index (χ1) is 8.04. The van der Waals surface area contributed by atoms with Crippen LogP contribution in [0, 0.1) is 0 Å². The van der Waals surface area contributed by atoms with Gasteiger partial charge in [-0.25, -0.2) is 8.42 Å². The SMILES string of the molecule is CCS(=O)(=O)c1c(N)nsc1NC1CCSC1. The van der Waals surface area contributed by atoms with Gasteiger partial charge in [0.2, 0.25) is 0 Å². The van der Waals surface area contributed by atoms with Crippen LogP contribution in [0.25, 0.3) is 0 Å². The lowest BCUT2D eigenvalue weighted by Crippen LogP contribution is -2.19. The van der Waals surface area contributed by atoms with Gasteiger partial charge >= 0.3 is 0 Å². The Labute approximate surface area is 109 Å². The van der Waals surface area contributed by atoms with E-state index >= 15 is 0 Å². The third kappa shape index (κ3) is 2.69. The summed E-state index contributed by atoms with van der Waals surface area (Å²) in [6, 6.07) is 0.325. The quantitative estimate of drug-likeness (QED) is 0.873. The number of rotatable bonds is 4. The number of nitrogens with zero attached hydrogens (tertiary/aromatic N) is 1. The standard InChI is InChI=1S/C9H15N3O2S3/c1-2-17(13,14)7-8(10)12-16-9(7)11-6-3-4-15-5-6/h6,11H,2-5H2,1H3,(H2,10,12). The number of aromatic nitrogens is 1. The van der Waals surface area contributed by atoms with Gasteiger partial charge in [-0.3, -0.25) is 0 Å². The van der Waals surface area contributed by atoms with Crippen molar-refractivity contribution in [3.63, 3.8) is 0 Å². The summed E-state index contributed by atoms with van der Waals surface area (Å²) in [6.07, 6.45) is 1.05. The Bertz CT molecular complexity index is 492. The van der Waals surface area contributed by atoms with Crippen molar-refractivity contribution in [2.75, 3.05) is 28.3 Å². The summed E-state index contributed by atoms with van der Waals surface area (Å²) in [4.78, 5) is 0.182. The number of nitrogen functional groups attached to an aromatic ring is 1. The van der Waals surface area contributed by atoms with E-state index in [4.69, 9.17) is 5.73 Å². The Morgan fingerprint density at radius 3 is 2.94 bits per heavy atom. The van der Waals surface area contributed by atoms with Crippen LogP contribution < -0.4 is 11.1 Å². The zero-order valence-corrected chi connectivity index (χ0v) is 11.9. The highest BCUT2D eigenvalue weighted by atomic mass is 32.2. The van der Waals surface area contributed by atoms with E-state index in [-0.39, 0.29) is 16.5 Å². The summed E-state index contributed by atoms with van der Waals surface area (Å²) in [5.74, 6) is 2.28. The molecule has 2 heterocycles. The molecule has 2 rings (SSSR count). The number of sulfone groups is 1. The van der Waals surface area contributed by atoms with Gasteiger partial charge in [-0.15, -0.1) is 0 Å². The van der Waals surface area contributed by atoms with Crippen LogP contribution in [0.3, 0.4) is 0 Å². The van der Waals surface area contributed by atoms with Gasteiger partial charge in [0.05, 0.1) is 5.75 Å². The number of nitrogens with one attached hydrogen (secondary N) is 1. The van der Waals surface area contributed by atoms with Crippen molar-refractivity contribution >= 4 is 44.0 Å². The molecule has 1 unspecified atom stereocenters. The molecule has 0 amide bonds. The van der Waals surface area contributed by atoms with Crippen molar-refractivity contribution < 1.29 is 8.42 Å². The Morgan fingerprint density at radius 1 is 1.59 bits per heavy atom. The van der Waals surface area contributed by atoms with E-state index in [0.29, 0.717) is 11.0 Å². The second-order valence-electron chi connectivity index (χ2n) is 3.83. The lowest BCUT2D eigenvalue weighted by molar-refractivity contribution is 0.598. The molecule has 0 saturated carbocycles. The van der Waals surface area contributed by atoms with Crippen molar-refractivity contribution in [3.05, 3.63) is 0 Å². The van der Waals surface area contributed by atoms with Crippen molar-refractivity contribution in [2.24, 2.45) is 0 Å². The van der Waals surface area contributed by atoms with Gasteiger partial charge in [-0.2, -0.15) is 16.1 Å². The molecular weight excluding hydrogens is 278 g/mol. The zero-order chi connectivity index (χ0) is 12.5. The van der Waals surface area contributed by atoms with Gasteiger partial charge in [-0.05, 0) is 23.7 Å². The molecule has 17 heavy (non-hydrogen) atoms. The first kappa shape index (κ1) is 13.0. The molecule has 8 heteroatoms. The third-order valence-electron chi connectivity index (χ3n) is 2.63. The minimum Gasteiger partial charge on any atom is -0.382 e. The lowest BCUT2D eigenvalue weighted by Gasteiger charge is -2.12. The topological polar surface area (TPSA) is 85.1 Å². The van der Waals surface area contributed by atoms with Crippen molar-refractivity contribution in [1.29, 1.82) is 0 Å². The van der Waals surface area contributed by atoms with Gasteiger partial charge in [-0.1, -0.05) is 6.92 Å². The van der Waals surface area contributed by atoms with Crippen LogP contribution in [0.5, 0.6) is 0 Å².